The first-order valence-corrected chi connectivity index (χ1v) is 5.92. The molecule has 0 radical (unpaired) electrons. The molecule has 19 heavy (non-hydrogen) atoms. The molecule has 1 aromatic carbocycles. The number of hydroxylamine groups is 1. The van der Waals surface area contributed by atoms with Crippen molar-refractivity contribution in [2.24, 2.45) is 0 Å². The third-order valence-corrected chi connectivity index (χ3v) is 2.20. The van der Waals surface area contributed by atoms with E-state index in [2.05, 4.69) is 15.8 Å². The Kier molecular flexibility index (Phi) is 3.62. The maximum Gasteiger partial charge on any atom is 0.297 e. The smallest absolute Gasteiger partial charge is 0.268 e. The molecule has 0 unspecified atom stereocenters. The van der Waals surface area contributed by atoms with Crippen LogP contribution in [0.3, 0.4) is 0 Å². The molecule has 1 heterocycles. The second kappa shape index (κ2) is 5.19. The first-order chi connectivity index (χ1) is 8.96. The van der Waals surface area contributed by atoms with Gasteiger partial charge in [-0.1, -0.05) is 23.4 Å². The molecule has 0 spiro atoms. The molecule has 0 aliphatic rings. The third kappa shape index (κ3) is 3.62. The van der Waals surface area contributed by atoms with Crippen LogP contribution >= 0.6 is 0 Å². The lowest BCUT2D eigenvalue weighted by molar-refractivity contribution is -0.0591. The largest absolute Gasteiger partial charge is 0.297 e. The van der Waals surface area contributed by atoms with Gasteiger partial charge >= 0.3 is 0 Å². The highest BCUT2D eigenvalue weighted by atomic mass is 16.7. The van der Waals surface area contributed by atoms with E-state index >= 15 is 0 Å². The molecule has 0 fully saturated rings. The van der Waals surface area contributed by atoms with E-state index in [0.29, 0.717) is 0 Å². The van der Waals surface area contributed by atoms with Gasteiger partial charge in [0, 0.05) is 0 Å². The number of para-hydroxylation sites is 1. The predicted octanol–water partition coefficient (Wildman–Crippen LogP) is 1.73. The molecule has 1 aromatic heterocycles. The van der Waals surface area contributed by atoms with Gasteiger partial charge in [-0.25, -0.2) is 10.2 Å². The summed E-state index contributed by atoms with van der Waals surface area (Å²) in [5, 5.41) is 7.72. The van der Waals surface area contributed by atoms with Gasteiger partial charge in [-0.05, 0) is 32.9 Å². The average molecular weight is 260 g/mol. The Bertz CT molecular complexity index is 558. The van der Waals surface area contributed by atoms with Crippen molar-refractivity contribution in [2.45, 2.75) is 26.4 Å². The second-order valence-corrected chi connectivity index (χ2v) is 5.03. The normalized spacial score (nSPS) is 11.3. The summed E-state index contributed by atoms with van der Waals surface area (Å²) in [5.41, 5.74) is 2.94. The second-order valence-electron chi connectivity index (χ2n) is 5.03. The summed E-state index contributed by atoms with van der Waals surface area (Å²) in [5.74, 6) is -0.419. The van der Waals surface area contributed by atoms with Gasteiger partial charge in [0.05, 0.1) is 17.5 Å². The van der Waals surface area contributed by atoms with Crippen molar-refractivity contribution in [1.29, 1.82) is 0 Å². The van der Waals surface area contributed by atoms with Gasteiger partial charge in [0.2, 0.25) is 0 Å². The first-order valence-electron chi connectivity index (χ1n) is 5.92. The highest BCUT2D eigenvalue weighted by Crippen LogP contribution is 2.07. The summed E-state index contributed by atoms with van der Waals surface area (Å²) in [6, 6.07) is 9.44. The molecule has 6 nitrogen and oxygen atoms in total. The van der Waals surface area contributed by atoms with E-state index in [-0.39, 0.29) is 5.69 Å². The summed E-state index contributed by atoms with van der Waals surface area (Å²) < 4.78 is 1.53. The quantitative estimate of drug-likeness (QED) is 0.853. The summed E-state index contributed by atoms with van der Waals surface area (Å²) in [6.07, 6.45) is 1.55. The highest BCUT2D eigenvalue weighted by Gasteiger charge is 2.16. The number of benzene rings is 1. The molecule has 1 N–H and O–H groups in total. The van der Waals surface area contributed by atoms with E-state index in [1.165, 1.54) is 4.68 Å². The van der Waals surface area contributed by atoms with Gasteiger partial charge < -0.3 is 0 Å². The van der Waals surface area contributed by atoms with Crippen molar-refractivity contribution in [2.75, 3.05) is 0 Å². The number of hydrogen-bond acceptors (Lipinski definition) is 4. The van der Waals surface area contributed by atoms with E-state index in [1.807, 2.05) is 51.1 Å². The van der Waals surface area contributed by atoms with Crippen LogP contribution in [-0.2, 0) is 4.84 Å². The average Bonchev–Trinajstić information content (AvgIpc) is 2.86. The van der Waals surface area contributed by atoms with Crippen molar-refractivity contribution in [3.8, 4) is 5.69 Å². The minimum absolute atomic E-state index is 0.202. The molecule has 0 saturated heterocycles. The minimum Gasteiger partial charge on any atom is -0.268 e. The maximum absolute atomic E-state index is 11.8. The van der Waals surface area contributed by atoms with Crippen LogP contribution in [0.4, 0.5) is 0 Å². The topological polar surface area (TPSA) is 69.0 Å². The van der Waals surface area contributed by atoms with Gasteiger partial charge in [-0.3, -0.25) is 9.63 Å². The Labute approximate surface area is 111 Å². The molecule has 0 atom stereocenters. The van der Waals surface area contributed by atoms with Crippen LogP contribution in [0.2, 0.25) is 0 Å². The third-order valence-electron chi connectivity index (χ3n) is 2.20. The zero-order chi connectivity index (χ0) is 13.9. The fourth-order valence-electron chi connectivity index (χ4n) is 1.33. The standard InChI is InChI=1S/C13H16N4O2/c1-13(2,3)19-15-12(18)11-9-17(16-14-11)10-7-5-4-6-8-10/h4-9H,1-3H3,(H,15,18). The highest BCUT2D eigenvalue weighted by molar-refractivity contribution is 5.91. The van der Waals surface area contributed by atoms with Crippen LogP contribution in [0.5, 0.6) is 0 Å². The van der Waals surface area contributed by atoms with Gasteiger partial charge in [-0.2, -0.15) is 0 Å². The monoisotopic (exact) mass is 260 g/mol. The summed E-state index contributed by atoms with van der Waals surface area (Å²) >= 11 is 0. The van der Waals surface area contributed by atoms with Gasteiger partial charge in [0.25, 0.3) is 5.91 Å². The van der Waals surface area contributed by atoms with Crippen molar-refractivity contribution in [3.05, 3.63) is 42.2 Å². The molecule has 2 aromatic rings. The Morgan fingerprint density at radius 3 is 2.58 bits per heavy atom. The fourth-order valence-corrected chi connectivity index (χ4v) is 1.33. The predicted molar refractivity (Wildman–Crippen MR) is 69.7 cm³/mol. The number of nitrogens with zero attached hydrogens (tertiary/aromatic N) is 3. The Hall–Kier alpha value is -2.21. The number of nitrogens with one attached hydrogen (secondary N) is 1. The lowest BCUT2D eigenvalue weighted by Gasteiger charge is -2.18. The van der Waals surface area contributed by atoms with Crippen LogP contribution in [0, 0.1) is 0 Å². The van der Waals surface area contributed by atoms with E-state index < -0.39 is 11.5 Å². The van der Waals surface area contributed by atoms with Crippen molar-refractivity contribution in [1.82, 2.24) is 20.5 Å². The van der Waals surface area contributed by atoms with Crippen LogP contribution in [-0.4, -0.2) is 26.5 Å². The van der Waals surface area contributed by atoms with Crippen LogP contribution in [0.1, 0.15) is 31.3 Å². The van der Waals surface area contributed by atoms with Crippen LogP contribution in [0.15, 0.2) is 36.5 Å². The SMILES string of the molecule is CC(C)(C)ONC(=O)c1cn(-c2ccccc2)nn1. The number of hydrogen-bond donors (Lipinski definition) is 1. The number of rotatable bonds is 3. The Morgan fingerprint density at radius 2 is 1.95 bits per heavy atom. The number of aromatic nitrogens is 3. The summed E-state index contributed by atoms with van der Waals surface area (Å²) in [7, 11) is 0. The molecule has 0 aliphatic heterocycles. The molecule has 2 rings (SSSR count). The first kappa shape index (κ1) is 13.2. The van der Waals surface area contributed by atoms with E-state index in [1.54, 1.807) is 6.20 Å². The van der Waals surface area contributed by atoms with Crippen LogP contribution in [0.25, 0.3) is 5.69 Å². The van der Waals surface area contributed by atoms with Crippen LogP contribution < -0.4 is 5.48 Å². The van der Waals surface area contributed by atoms with Crippen molar-refractivity contribution >= 4 is 5.91 Å². The lowest BCUT2D eigenvalue weighted by atomic mass is 10.2. The van der Waals surface area contributed by atoms with E-state index in [9.17, 15) is 4.79 Å². The Balaban J connectivity index is 2.07. The Morgan fingerprint density at radius 1 is 1.26 bits per heavy atom. The van der Waals surface area contributed by atoms with Crippen molar-refractivity contribution in [3.63, 3.8) is 0 Å². The molecule has 100 valence electrons. The number of amides is 1. The fraction of sp³-hybridized carbons (Fsp3) is 0.308. The molecular weight excluding hydrogens is 244 g/mol. The summed E-state index contributed by atoms with van der Waals surface area (Å²) in [4.78, 5) is 17.0. The number of carbonyl (C=O) groups excluding carboxylic acids is 1. The summed E-state index contributed by atoms with van der Waals surface area (Å²) in [6.45, 7) is 5.52. The van der Waals surface area contributed by atoms with Gasteiger partial charge in [-0.15, -0.1) is 5.10 Å². The molecule has 0 saturated carbocycles. The lowest BCUT2D eigenvalue weighted by Crippen LogP contribution is -2.33. The minimum atomic E-state index is -0.453. The molecule has 0 bridgehead atoms. The van der Waals surface area contributed by atoms with E-state index in [4.69, 9.17) is 4.84 Å². The van der Waals surface area contributed by atoms with E-state index in [0.717, 1.165) is 5.69 Å². The molecule has 6 heteroatoms. The zero-order valence-corrected chi connectivity index (χ0v) is 11.1. The van der Waals surface area contributed by atoms with Crippen molar-refractivity contribution < 1.29 is 9.63 Å². The maximum atomic E-state index is 11.8. The van der Waals surface area contributed by atoms with Gasteiger partial charge in [0.1, 0.15) is 0 Å². The number of carbonyl (C=O) groups is 1. The molecule has 1 amide bonds. The van der Waals surface area contributed by atoms with Gasteiger partial charge in [0.15, 0.2) is 5.69 Å². The molecular formula is C13H16N4O2. The molecule has 0 aliphatic carbocycles. The zero-order valence-electron chi connectivity index (χ0n) is 11.1.